The van der Waals surface area contributed by atoms with Gasteiger partial charge in [-0.3, -0.25) is 0 Å². The molecule has 1 fully saturated rings. The van der Waals surface area contributed by atoms with Crippen LogP contribution in [0.15, 0.2) is 29.2 Å². The van der Waals surface area contributed by atoms with E-state index in [1.165, 1.54) is 36.3 Å². The van der Waals surface area contributed by atoms with E-state index in [-0.39, 0.29) is 0 Å². The molecule has 20 heavy (non-hydrogen) atoms. The van der Waals surface area contributed by atoms with Crippen molar-refractivity contribution in [3.05, 3.63) is 29.8 Å². The smallest absolute Gasteiger partial charge is 0.0254 e. The van der Waals surface area contributed by atoms with E-state index in [1.54, 1.807) is 5.56 Å². The van der Waals surface area contributed by atoms with Gasteiger partial charge in [0.15, 0.2) is 0 Å². The maximum atomic E-state index is 6.12. The average molecular weight is 310 g/mol. The summed E-state index contributed by atoms with van der Waals surface area (Å²) in [5.41, 5.74) is 1.54. The zero-order valence-electron chi connectivity index (χ0n) is 12.0. The van der Waals surface area contributed by atoms with Gasteiger partial charge in [-0.15, -0.1) is 23.4 Å². The Morgan fingerprint density at radius 1 is 1.10 bits per heavy atom. The molecular weight excluding hydrogens is 286 g/mol. The molecule has 3 heteroatoms. The number of alkyl halides is 1. The van der Waals surface area contributed by atoms with E-state index in [1.807, 2.05) is 11.8 Å². The highest BCUT2D eigenvalue weighted by Gasteiger charge is 2.26. The van der Waals surface area contributed by atoms with Crippen LogP contribution < -0.4 is 5.32 Å². The molecule has 2 aliphatic rings. The van der Waals surface area contributed by atoms with Gasteiger partial charge in [0, 0.05) is 29.0 Å². The molecule has 1 saturated carbocycles. The van der Waals surface area contributed by atoms with Crippen molar-refractivity contribution < 1.29 is 0 Å². The summed E-state index contributed by atoms with van der Waals surface area (Å²) in [4.78, 5) is 1.48. The standard InChI is InChI=1S/C17H24ClNS/c18-9-13-5-1-2-6-14(13)10-19-11-15-12-20-17-8-4-3-7-16(15)17/h3-4,7-8,13-15,19H,1-2,5-6,9-12H2. The van der Waals surface area contributed by atoms with Crippen LogP contribution in [0.1, 0.15) is 37.2 Å². The van der Waals surface area contributed by atoms with Crippen molar-refractivity contribution in [3.8, 4) is 0 Å². The first-order valence-electron chi connectivity index (χ1n) is 7.87. The van der Waals surface area contributed by atoms with Crippen LogP contribution in [-0.2, 0) is 0 Å². The second kappa shape index (κ2) is 7.20. The normalized spacial score (nSPS) is 29.4. The van der Waals surface area contributed by atoms with E-state index in [0.29, 0.717) is 5.92 Å². The summed E-state index contributed by atoms with van der Waals surface area (Å²) in [6.07, 6.45) is 5.46. The third-order valence-electron chi connectivity index (χ3n) is 4.86. The molecule has 0 amide bonds. The number of fused-ring (bicyclic) bond motifs is 1. The van der Waals surface area contributed by atoms with Gasteiger partial charge in [0.25, 0.3) is 0 Å². The largest absolute Gasteiger partial charge is 0.316 e. The zero-order valence-corrected chi connectivity index (χ0v) is 13.6. The van der Waals surface area contributed by atoms with Crippen molar-refractivity contribution in [1.29, 1.82) is 0 Å². The topological polar surface area (TPSA) is 12.0 Å². The minimum Gasteiger partial charge on any atom is -0.316 e. The number of hydrogen-bond donors (Lipinski definition) is 1. The van der Waals surface area contributed by atoms with Crippen molar-refractivity contribution in [3.63, 3.8) is 0 Å². The predicted molar refractivity (Wildman–Crippen MR) is 88.9 cm³/mol. The Morgan fingerprint density at radius 2 is 1.90 bits per heavy atom. The van der Waals surface area contributed by atoms with Gasteiger partial charge < -0.3 is 5.32 Å². The van der Waals surface area contributed by atoms with E-state index in [9.17, 15) is 0 Å². The Morgan fingerprint density at radius 3 is 2.75 bits per heavy atom. The second-order valence-electron chi connectivity index (χ2n) is 6.16. The molecule has 110 valence electrons. The van der Waals surface area contributed by atoms with Crippen molar-refractivity contribution in [2.24, 2.45) is 11.8 Å². The Labute approximate surface area is 131 Å². The molecule has 1 aliphatic heterocycles. The second-order valence-corrected chi connectivity index (χ2v) is 7.53. The molecule has 1 aromatic carbocycles. The predicted octanol–water partition coefficient (Wildman–Crippen LogP) is 4.51. The van der Waals surface area contributed by atoms with Crippen molar-refractivity contribution in [2.45, 2.75) is 36.5 Å². The SMILES string of the molecule is ClCC1CCCCC1CNCC1CSc2ccccc21. The van der Waals surface area contributed by atoms with Gasteiger partial charge in [-0.05, 0) is 42.9 Å². The first kappa shape index (κ1) is 14.7. The number of hydrogen-bond acceptors (Lipinski definition) is 2. The average Bonchev–Trinajstić information content (AvgIpc) is 2.91. The van der Waals surface area contributed by atoms with Crippen molar-refractivity contribution >= 4 is 23.4 Å². The number of benzene rings is 1. The van der Waals surface area contributed by atoms with E-state index in [4.69, 9.17) is 11.6 Å². The molecule has 1 aliphatic carbocycles. The molecule has 0 aromatic heterocycles. The summed E-state index contributed by atoms with van der Waals surface area (Å²) in [5.74, 6) is 4.30. The first-order valence-corrected chi connectivity index (χ1v) is 9.39. The Hall–Kier alpha value is -0.180. The van der Waals surface area contributed by atoms with Crippen LogP contribution in [0, 0.1) is 11.8 Å². The monoisotopic (exact) mass is 309 g/mol. The molecular formula is C17H24ClNS. The van der Waals surface area contributed by atoms with Crippen LogP contribution in [0.5, 0.6) is 0 Å². The number of thioether (sulfide) groups is 1. The van der Waals surface area contributed by atoms with Gasteiger partial charge in [0.2, 0.25) is 0 Å². The number of rotatable bonds is 5. The summed E-state index contributed by atoms with van der Waals surface area (Å²) < 4.78 is 0. The fourth-order valence-corrected chi connectivity index (χ4v) is 5.26. The minimum atomic E-state index is 0.689. The van der Waals surface area contributed by atoms with Crippen LogP contribution in [-0.4, -0.2) is 24.7 Å². The highest BCUT2D eigenvalue weighted by atomic mass is 35.5. The zero-order chi connectivity index (χ0) is 13.8. The highest BCUT2D eigenvalue weighted by Crippen LogP contribution is 2.39. The lowest BCUT2D eigenvalue weighted by molar-refractivity contribution is 0.250. The first-order chi connectivity index (χ1) is 9.88. The minimum absolute atomic E-state index is 0.689. The summed E-state index contributed by atoms with van der Waals surface area (Å²) in [7, 11) is 0. The fraction of sp³-hybridized carbons (Fsp3) is 0.647. The van der Waals surface area contributed by atoms with E-state index >= 15 is 0 Å². The number of halogens is 1. The lowest BCUT2D eigenvalue weighted by Gasteiger charge is -2.30. The van der Waals surface area contributed by atoms with Gasteiger partial charge in [0.1, 0.15) is 0 Å². The molecule has 3 unspecified atom stereocenters. The molecule has 3 rings (SSSR count). The molecule has 0 saturated heterocycles. The maximum absolute atomic E-state index is 6.12. The Bertz CT molecular complexity index is 437. The van der Waals surface area contributed by atoms with Crippen LogP contribution in [0.2, 0.25) is 0 Å². The molecule has 1 aromatic rings. The van der Waals surface area contributed by atoms with Crippen LogP contribution in [0.3, 0.4) is 0 Å². The van der Waals surface area contributed by atoms with Gasteiger partial charge in [-0.1, -0.05) is 31.0 Å². The Kier molecular flexibility index (Phi) is 5.30. The molecule has 0 radical (unpaired) electrons. The van der Waals surface area contributed by atoms with Gasteiger partial charge in [0.05, 0.1) is 0 Å². The highest BCUT2D eigenvalue weighted by molar-refractivity contribution is 7.99. The van der Waals surface area contributed by atoms with Crippen molar-refractivity contribution in [1.82, 2.24) is 5.32 Å². The summed E-state index contributed by atoms with van der Waals surface area (Å²) in [6, 6.07) is 8.87. The Balaban J connectivity index is 1.48. The van der Waals surface area contributed by atoms with Gasteiger partial charge in [-0.2, -0.15) is 0 Å². The fourth-order valence-electron chi connectivity index (χ4n) is 3.60. The van der Waals surface area contributed by atoms with Crippen LogP contribution in [0.4, 0.5) is 0 Å². The summed E-state index contributed by atoms with van der Waals surface area (Å²) in [6.45, 7) is 2.27. The van der Waals surface area contributed by atoms with Crippen LogP contribution >= 0.6 is 23.4 Å². The lowest BCUT2D eigenvalue weighted by atomic mass is 9.80. The molecule has 1 heterocycles. The van der Waals surface area contributed by atoms with Crippen molar-refractivity contribution in [2.75, 3.05) is 24.7 Å². The van der Waals surface area contributed by atoms with Gasteiger partial charge >= 0.3 is 0 Å². The quantitative estimate of drug-likeness (QED) is 0.803. The van der Waals surface area contributed by atoms with Gasteiger partial charge in [-0.25, -0.2) is 0 Å². The molecule has 1 N–H and O–H groups in total. The molecule has 1 nitrogen and oxygen atoms in total. The lowest BCUT2D eigenvalue weighted by Crippen LogP contribution is -2.33. The molecule has 0 spiro atoms. The summed E-state index contributed by atoms with van der Waals surface area (Å²) >= 11 is 8.12. The third kappa shape index (κ3) is 3.35. The third-order valence-corrected chi connectivity index (χ3v) is 6.51. The molecule has 0 bridgehead atoms. The van der Waals surface area contributed by atoms with Crippen LogP contribution in [0.25, 0.3) is 0 Å². The summed E-state index contributed by atoms with van der Waals surface area (Å²) in [5, 5.41) is 3.73. The number of nitrogens with one attached hydrogen (secondary N) is 1. The van der Waals surface area contributed by atoms with E-state index in [2.05, 4.69) is 29.6 Å². The van der Waals surface area contributed by atoms with E-state index < -0.39 is 0 Å². The maximum Gasteiger partial charge on any atom is 0.0254 e. The van der Waals surface area contributed by atoms with E-state index in [0.717, 1.165) is 30.8 Å². The molecule has 3 atom stereocenters.